The van der Waals surface area contributed by atoms with E-state index >= 15 is 0 Å². The van der Waals surface area contributed by atoms with E-state index in [1.807, 2.05) is 24.3 Å². The Morgan fingerprint density at radius 2 is 0.537 bits per heavy atom. The fraction of sp³-hybridized carbons (Fsp3) is 0. The maximum atomic E-state index is 10.0. The van der Waals surface area contributed by atoms with E-state index in [2.05, 4.69) is 265 Å². The molecular formula is C76H44N4. The molecule has 4 nitrogen and oxygen atoms in total. The van der Waals surface area contributed by atoms with E-state index in [-0.39, 0.29) is 0 Å². The van der Waals surface area contributed by atoms with Crippen molar-refractivity contribution < 1.29 is 0 Å². The van der Waals surface area contributed by atoms with Crippen molar-refractivity contribution in [1.29, 1.82) is 10.5 Å². The lowest BCUT2D eigenvalue weighted by atomic mass is 9.84. The number of anilines is 6. The van der Waals surface area contributed by atoms with Crippen LogP contribution in [-0.4, -0.2) is 0 Å². The second-order valence-corrected chi connectivity index (χ2v) is 21.0. The zero-order chi connectivity index (χ0) is 53.0. The predicted molar refractivity (Wildman–Crippen MR) is 333 cm³/mol. The Balaban J connectivity index is 0.976. The predicted octanol–water partition coefficient (Wildman–Crippen LogP) is 20.8. The topological polar surface area (TPSA) is 54.1 Å². The van der Waals surface area contributed by atoms with E-state index in [0.717, 1.165) is 88.7 Å². The monoisotopic (exact) mass is 1010 g/mol. The molecule has 16 rings (SSSR count). The number of fused-ring (bicyclic) bond motifs is 11. The Morgan fingerprint density at radius 1 is 0.225 bits per heavy atom. The average molecular weight is 1010 g/mol. The third-order valence-electron chi connectivity index (χ3n) is 16.7. The van der Waals surface area contributed by atoms with Gasteiger partial charge in [-0.2, -0.15) is 10.5 Å². The summed E-state index contributed by atoms with van der Waals surface area (Å²) < 4.78 is 0. The van der Waals surface area contributed by atoms with E-state index in [9.17, 15) is 10.5 Å². The maximum Gasteiger partial charge on any atom is 0.0991 e. The fourth-order valence-corrected chi connectivity index (χ4v) is 13.1. The van der Waals surface area contributed by atoms with Crippen molar-refractivity contribution in [3.63, 3.8) is 0 Å². The first-order chi connectivity index (χ1) is 39.6. The van der Waals surface area contributed by atoms with Gasteiger partial charge in [0, 0.05) is 34.1 Å². The second-order valence-electron chi connectivity index (χ2n) is 21.0. The van der Waals surface area contributed by atoms with Crippen LogP contribution in [-0.2, 0) is 0 Å². The van der Waals surface area contributed by atoms with Crippen LogP contribution in [0.1, 0.15) is 11.1 Å². The van der Waals surface area contributed by atoms with Crippen LogP contribution in [0, 0.1) is 22.7 Å². The molecule has 0 aliphatic heterocycles. The van der Waals surface area contributed by atoms with Gasteiger partial charge in [-0.1, -0.05) is 133 Å². The molecule has 2 aliphatic carbocycles. The van der Waals surface area contributed by atoms with Gasteiger partial charge in [-0.25, -0.2) is 0 Å². The highest BCUT2D eigenvalue weighted by Gasteiger charge is 2.29. The molecule has 2 aliphatic rings. The number of nitriles is 2. The van der Waals surface area contributed by atoms with Crippen LogP contribution >= 0.6 is 0 Å². The highest BCUT2D eigenvalue weighted by Crippen LogP contribution is 2.56. The minimum absolute atomic E-state index is 0.622. The summed E-state index contributed by atoms with van der Waals surface area (Å²) in [5.74, 6) is 0. The van der Waals surface area contributed by atoms with Crippen LogP contribution in [0.3, 0.4) is 0 Å². The maximum absolute atomic E-state index is 10.0. The average Bonchev–Trinajstić information content (AvgIpc) is 4.15. The largest absolute Gasteiger partial charge is 0.310 e. The first kappa shape index (κ1) is 45.2. The summed E-state index contributed by atoms with van der Waals surface area (Å²) in [7, 11) is 0. The number of rotatable bonds is 8. The summed E-state index contributed by atoms with van der Waals surface area (Å²) in [6.07, 6.45) is 0. The van der Waals surface area contributed by atoms with Crippen LogP contribution < -0.4 is 9.80 Å². The number of benzene rings is 14. The Hall–Kier alpha value is -11.0. The van der Waals surface area contributed by atoms with Gasteiger partial charge in [-0.3, -0.25) is 0 Å². The third kappa shape index (κ3) is 6.93. The SMILES string of the molecule is N#Cc1ccc(-c2cc3c4cc5c(cc4c(-c4ccc(C#N)cc4)cc3c3cc4c(cc23)-c2cc(N(c3ccccc3)c3ccccc3)cc3cccc-4c23)-c2cc(N(c3ccccc3)c3ccccc3)cc3cccc-5c23)cc1. The number of para-hydroxylation sites is 4. The van der Waals surface area contributed by atoms with Crippen molar-refractivity contribution in [3.8, 4) is 78.9 Å². The number of hydrogen-bond acceptors (Lipinski definition) is 4. The van der Waals surface area contributed by atoms with Gasteiger partial charge in [0.15, 0.2) is 0 Å². The molecule has 368 valence electrons. The Labute approximate surface area is 462 Å². The lowest BCUT2D eigenvalue weighted by Crippen LogP contribution is -2.09. The van der Waals surface area contributed by atoms with E-state index in [0.29, 0.717) is 11.1 Å². The first-order valence-electron chi connectivity index (χ1n) is 27.1. The number of nitrogens with zero attached hydrogens (tertiary/aromatic N) is 4. The van der Waals surface area contributed by atoms with E-state index in [1.54, 1.807) is 0 Å². The molecule has 0 saturated heterocycles. The summed E-state index contributed by atoms with van der Waals surface area (Å²) in [4.78, 5) is 4.71. The molecule has 0 unspecified atom stereocenters. The van der Waals surface area contributed by atoms with Crippen LogP contribution in [0.2, 0.25) is 0 Å². The molecule has 0 N–H and O–H groups in total. The summed E-state index contributed by atoms with van der Waals surface area (Å²) >= 11 is 0. The molecule has 80 heavy (non-hydrogen) atoms. The molecule has 14 aromatic rings. The van der Waals surface area contributed by atoms with Gasteiger partial charge in [-0.15, -0.1) is 0 Å². The van der Waals surface area contributed by atoms with Crippen molar-refractivity contribution in [3.05, 3.63) is 278 Å². The van der Waals surface area contributed by atoms with E-state index in [4.69, 9.17) is 0 Å². The van der Waals surface area contributed by atoms with Crippen LogP contribution in [0.25, 0.3) is 121 Å². The Morgan fingerprint density at radius 3 is 0.887 bits per heavy atom. The molecule has 0 aromatic heterocycles. The fourth-order valence-electron chi connectivity index (χ4n) is 13.1. The smallest absolute Gasteiger partial charge is 0.0991 e. The Kier molecular flexibility index (Phi) is 10.0. The van der Waals surface area contributed by atoms with Crippen molar-refractivity contribution in [1.82, 2.24) is 0 Å². The van der Waals surface area contributed by atoms with Gasteiger partial charge in [0.05, 0.1) is 23.3 Å². The van der Waals surface area contributed by atoms with E-state index < -0.39 is 0 Å². The molecule has 0 radical (unpaired) electrons. The summed E-state index contributed by atoms with van der Waals surface area (Å²) in [6, 6.07) is 101. The van der Waals surface area contributed by atoms with Gasteiger partial charge in [0.1, 0.15) is 0 Å². The van der Waals surface area contributed by atoms with Crippen molar-refractivity contribution in [2.24, 2.45) is 0 Å². The molecule has 0 heterocycles. The van der Waals surface area contributed by atoms with Crippen LogP contribution in [0.15, 0.2) is 267 Å². The van der Waals surface area contributed by atoms with Gasteiger partial charge in [0.2, 0.25) is 0 Å². The first-order valence-corrected chi connectivity index (χ1v) is 27.1. The molecule has 0 spiro atoms. The molecular weight excluding hydrogens is 969 g/mol. The zero-order valence-electron chi connectivity index (χ0n) is 43.2. The summed E-state index contributed by atoms with van der Waals surface area (Å²) in [6.45, 7) is 0. The van der Waals surface area contributed by atoms with Gasteiger partial charge in [0.25, 0.3) is 0 Å². The minimum Gasteiger partial charge on any atom is -0.310 e. The molecule has 0 amide bonds. The highest BCUT2D eigenvalue weighted by atomic mass is 15.1. The highest BCUT2D eigenvalue weighted by molar-refractivity contribution is 6.29. The van der Waals surface area contributed by atoms with Gasteiger partial charge < -0.3 is 9.80 Å². The van der Waals surface area contributed by atoms with Crippen molar-refractivity contribution in [2.75, 3.05) is 9.80 Å². The van der Waals surface area contributed by atoms with Crippen molar-refractivity contribution >= 4 is 88.0 Å². The zero-order valence-corrected chi connectivity index (χ0v) is 43.2. The molecule has 0 saturated carbocycles. The molecule has 14 aromatic carbocycles. The quantitative estimate of drug-likeness (QED) is 0.142. The molecule has 0 fully saturated rings. The normalized spacial score (nSPS) is 11.7. The third-order valence-corrected chi connectivity index (χ3v) is 16.7. The van der Waals surface area contributed by atoms with Crippen molar-refractivity contribution in [2.45, 2.75) is 0 Å². The number of hydrogen-bond donors (Lipinski definition) is 0. The van der Waals surface area contributed by atoms with Crippen LogP contribution in [0.5, 0.6) is 0 Å². The standard InChI is InChI=1S/C76H44N4/c77-45-47-27-31-49(32-28-47)61-39-68-67(69-41-63-59-25-13-15-51-35-57(37-73(75(51)59)71(63)43-65(61)69)79(53-17-5-1-6-18-53)54-19-7-2-8-20-54)40-62(50-33-29-48(46-78)30-34-50)66-44-72-64(42-70(66)68)60-26-14-16-52-36-58(38-74(72)76(52)60)80(55-21-9-3-10-22-55)56-23-11-4-12-24-56/h1-44H. The second kappa shape index (κ2) is 17.8. The van der Waals surface area contributed by atoms with Gasteiger partial charge >= 0.3 is 0 Å². The molecule has 0 atom stereocenters. The van der Waals surface area contributed by atoms with Crippen LogP contribution in [0.4, 0.5) is 34.1 Å². The molecule has 0 bridgehead atoms. The minimum atomic E-state index is 0.622. The summed E-state index contributed by atoms with van der Waals surface area (Å²) in [5, 5.41) is 31.8. The Bertz CT molecular complexity index is 4580. The lowest BCUT2D eigenvalue weighted by Gasteiger charge is -2.26. The van der Waals surface area contributed by atoms with Gasteiger partial charge in [-0.05, 0) is 254 Å². The summed E-state index contributed by atoms with van der Waals surface area (Å²) in [5.41, 5.74) is 21.7. The lowest BCUT2D eigenvalue weighted by molar-refractivity contribution is 1.29. The van der Waals surface area contributed by atoms with E-state index in [1.165, 1.54) is 66.1 Å². The molecule has 4 heteroatoms.